The lowest BCUT2D eigenvalue weighted by molar-refractivity contribution is -0.384. The average molecular weight is 567 g/mol. The standard InChI is InChI=1S/C35H26N4O4/c40-35(34-18-17-33(43-34)22-13-15-24(16-14-22)39(41)42)38-30-10-4-1-7-23(30)19-27(28-20-36-31-11-5-2-8-25(28)31)29-21-37-32-12-6-3-9-26(29)32/h1-18,20-21,27,36-37H,19H2,(H,38,40). The van der Waals surface area contributed by atoms with Crippen molar-refractivity contribution in [1.29, 1.82) is 0 Å². The molecule has 8 heteroatoms. The van der Waals surface area contributed by atoms with Crippen LogP contribution in [0.15, 0.2) is 126 Å². The number of anilines is 1. The average Bonchev–Trinajstić information content (AvgIpc) is 3.80. The first kappa shape index (κ1) is 26.0. The van der Waals surface area contributed by atoms with Crippen molar-refractivity contribution in [2.24, 2.45) is 0 Å². The maximum absolute atomic E-state index is 13.3. The van der Waals surface area contributed by atoms with Crippen LogP contribution in [-0.4, -0.2) is 20.8 Å². The van der Waals surface area contributed by atoms with Crippen LogP contribution in [0.5, 0.6) is 0 Å². The van der Waals surface area contributed by atoms with Crippen LogP contribution in [0.2, 0.25) is 0 Å². The van der Waals surface area contributed by atoms with Gasteiger partial charge in [0.1, 0.15) is 5.76 Å². The van der Waals surface area contributed by atoms with E-state index in [9.17, 15) is 14.9 Å². The zero-order valence-electron chi connectivity index (χ0n) is 22.9. The number of para-hydroxylation sites is 3. The molecule has 0 aliphatic carbocycles. The third-order valence-corrected chi connectivity index (χ3v) is 7.88. The van der Waals surface area contributed by atoms with Gasteiger partial charge < -0.3 is 19.7 Å². The molecule has 0 spiro atoms. The Labute approximate surface area is 246 Å². The Balaban J connectivity index is 1.20. The zero-order valence-corrected chi connectivity index (χ0v) is 22.9. The molecule has 0 saturated carbocycles. The summed E-state index contributed by atoms with van der Waals surface area (Å²) in [5, 5.41) is 16.4. The molecule has 8 nitrogen and oxygen atoms in total. The van der Waals surface area contributed by atoms with Gasteiger partial charge >= 0.3 is 0 Å². The highest BCUT2D eigenvalue weighted by atomic mass is 16.6. The van der Waals surface area contributed by atoms with E-state index in [2.05, 4.69) is 64.1 Å². The molecule has 0 aliphatic rings. The number of furan rings is 1. The Bertz CT molecular complexity index is 2030. The summed E-state index contributed by atoms with van der Waals surface area (Å²) in [5.74, 6) is 0.221. The van der Waals surface area contributed by atoms with Gasteiger partial charge in [0, 0.05) is 63.5 Å². The molecule has 210 valence electrons. The van der Waals surface area contributed by atoms with E-state index in [0.29, 0.717) is 23.4 Å². The van der Waals surface area contributed by atoms with Crippen molar-refractivity contribution in [3.8, 4) is 11.3 Å². The van der Waals surface area contributed by atoms with Gasteiger partial charge in [-0.2, -0.15) is 0 Å². The van der Waals surface area contributed by atoms with E-state index in [1.807, 2.05) is 36.4 Å². The predicted octanol–water partition coefficient (Wildman–Crippen LogP) is 8.44. The van der Waals surface area contributed by atoms with E-state index in [-0.39, 0.29) is 23.3 Å². The molecule has 0 saturated heterocycles. The molecule has 7 rings (SSSR count). The first-order valence-electron chi connectivity index (χ1n) is 13.9. The second-order valence-corrected chi connectivity index (χ2v) is 10.4. The second-order valence-electron chi connectivity index (χ2n) is 10.4. The highest BCUT2D eigenvalue weighted by Crippen LogP contribution is 2.38. The second kappa shape index (κ2) is 10.8. The minimum atomic E-state index is -0.455. The lowest BCUT2D eigenvalue weighted by atomic mass is 9.85. The van der Waals surface area contributed by atoms with Gasteiger partial charge in [-0.3, -0.25) is 14.9 Å². The van der Waals surface area contributed by atoms with Crippen molar-refractivity contribution in [3.63, 3.8) is 0 Å². The van der Waals surface area contributed by atoms with Crippen molar-refractivity contribution in [1.82, 2.24) is 9.97 Å². The van der Waals surface area contributed by atoms with Crippen LogP contribution in [0.4, 0.5) is 11.4 Å². The number of rotatable bonds is 8. The van der Waals surface area contributed by atoms with Crippen LogP contribution < -0.4 is 5.32 Å². The van der Waals surface area contributed by atoms with Crippen molar-refractivity contribution in [2.45, 2.75) is 12.3 Å². The number of hydrogen-bond donors (Lipinski definition) is 3. The number of benzene rings is 4. The quantitative estimate of drug-likeness (QED) is 0.126. The summed E-state index contributed by atoms with van der Waals surface area (Å²) >= 11 is 0. The van der Waals surface area contributed by atoms with Gasteiger partial charge in [-0.05, 0) is 65.6 Å². The van der Waals surface area contributed by atoms with Crippen molar-refractivity contribution >= 4 is 39.1 Å². The van der Waals surface area contributed by atoms with Crippen LogP contribution in [0.3, 0.4) is 0 Å². The molecule has 0 bridgehead atoms. The molecule has 7 aromatic rings. The number of aromatic nitrogens is 2. The molecule has 0 unspecified atom stereocenters. The normalized spacial score (nSPS) is 11.4. The number of aromatic amines is 2. The van der Waals surface area contributed by atoms with E-state index in [0.717, 1.165) is 27.4 Å². The SMILES string of the molecule is O=C(Nc1ccccc1CC(c1c[nH]c2ccccc12)c1c[nH]c2ccccc12)c1ccc(-c2ccc([N+](=O)[O-])cc2)o1. The Morgan fingerprint density at radius 1 is 0.767 bits per heavy atom. The fraction of sp³-hybridized carbons (Fsp3) is 0.0571. The van der Waals surface area contributed by atoms with Crippen molar-refractivity contribution in [3.05, 3.63) is 154 Å². The molecule has 4 aromatic carbocycles. The molecular formula is C35H26N4O4. The Morgan fingerprint density at radius 2 is 1.37 bits per heavy atom. The molecule has 0 atom stereocenters. The van der Waals surface area contributed by atoms with E-state index in [4.69, 9.17) is 4.42 Å². The highest BCUT2D eigenvalue weighted by molar-refractivity contribution is 6.03. The summed E-state index contributed by atoms with van der Waals surface area (Å²) in [6.45, 7) is 0. The van der Waals surface area contributed by atoms with Gasteiger partial charge in [0.25, 0.3) is 11.6 Å². The fourth-order valence-electron chi connectivity index (χ4n) is 5.74. The summed E-state index contributed by atoms with van der Waals surface area (Å²) in [5.41, 5.74) is 6.83. The van der Waals surface area contributed by atoms with Crippen molar-refractivity contribution < 1.29 is 14.1 Å². The topological polar surface area (TPSA) is 117 Å². The Kier molecular flexibility index (Phi) is 6.56. The van der Waals surface area contributed by atoms with Gasteiger partial charge in [-0.25, -0.2) is 0 Å². The number of nitro groups is 1. The minimum absolute atomic E-state index is 0.00250. The number of H-pyrrole nitrogens is 2. The van der Waals surface area contributed by atoms with E-state index >= 15 is 0 Å². The number of nitro benzene ring substituents is 1. The number of nitrogens with zero attached hydrogens (tertiary/aromatic N) is 1. The highest BCUT2D eigenvalue weighted by Gasteiger charge is 2.24. The van der Waals surface area contributed by atoms with Gasteiger partial charge in [-0.15, -0.1) is 0 Å². The van der Waals surface area contributed by atoms with Gasteiger partial charge in [0.2, 0.25) is 0 Å². The number of fused-ring (bicyclic) bond motifs is 2. The molecule has 0 aliphatic heterocycles. The molecule has 3 N–H and O–H groups in total. The van der Waals surface area contributed by atoms with Crippen LogP contribution in [0.1, 0.15) is 33.2 Å². The first-order valence-corrected chi connectivity index (χ1v) is 13.9. The third-order valence-electron chi connectivity index (χ3n) is 7.88. The molecular weight excluding hydrogens is 540 g/mol. The van der Waals surface area contributed by atoms with Crippen LogP contribution in [0, 0.1) is 10.1 Å². The van der Waals surface area contributed by atoms with Crippen molar-refractivity contribution in [2.75, 3.05) is 5.32 Å². The fourth-order valence-corrected chi connectivity index (χ4v) is 5.74. The van der Waals surface area contributed by atoms with E-state index in [1.165, 1.54) is 23.3 Å². The number of carbonyl (C=O) groups is 1. The molecule has 1 amide bonds. The lowest BCUT2D eigenvalue weighted by Gasteiger charge is -2.19. The van der Waals surface area contributed by atoms with Crippen LogP contribution in [0.25, 0.3) is 33.1 Å². The number of nitrogens with one attached hydrogen (secondary N) is 3. The maximum atomic E-state index is 13.3. The van der Waals surface area contributed by atoms with Gasteiger partial charge in [0.15, 0.2) is 5.76 Å². The maximum Gasteiger partial charge on any atom is 0.291 e. The number of carbonyl (C=O) groups excluding carboxylic acids is 1. The minimum Gasteiger partial charge on any atom is -0.451 e. The summed E-state index contributed by atoms with van der Waals surface area (Å²) in [6.07, 6.45) is 4.81. The smallest absolute Gasteiger partial charge is 0.291 e. The van der Waals surface area contributed by atoms with Gasteiger partial charge in [-0.1, -0.05) is 54.6 Å². The zero-order chi connectivity index (χ0) is 29.3. The predicted molar refractivity (Wildman–Crippen MR) is 167 cm³/mol. The Hall–Kier alpha value is -5.89. The van der Waals surface area contributed by atoms with E-state index in [1.54, 1.807) is 24.3 Å². The number of non-ortho nitro benzene ring substituents is 1. The lowest BCUT2D eigenvalue weighted by Crippen LogP contribution is -2.14. The van der Waals surface area contributed by atoms with Crippen LogP contribution in [-0.2, 0) is 6.42 Å². The molecule has 43 heavy (non-hydrogen) atoms. The number of amides is 1. The first-order chi connectivity index (χ1) is 21.0. The van der Waals surface area contributed by atoms with Gasteiger partial charge in [0.05, 0.1) is 4.92 Å². The number of hydrogen-bond acceptors (Lipinski definition) is 4. The largest absolute Gasteiger partial charge is 0.451 e. The summed E-state index contributed by atoms with van der Waals surface area (Å²) < 4.78 is 5.85. The monoisotopic (exact) mass is 566 g/mol. The summed E-state index contributed by atoms with van der Waals surface area (Å²) in [4.78, 5) is 30.7. The third kappa shape index (κ3) is 4.95. The molecule has 0 radical (unpaired) electrons. The molecule has 0 fully saturated rings. The summed E-state index contributed by atoms with van der Waals surface area (Å²) in [6, 6.07) is 33.7. The molecule has 3 aromatic heterocycles. The summed E-state index contributed by atoms with van der Waals surface area (Å²) in [7, 11) is 0. The van der Waals surface area contributed by atoms with E-state index < -0.39 is 4.92 Å². The Morgan fingerprint density at radius 3 is 2.02 bits per heavy atom. The van der Waals surface area contributed by atoms with Crippen LogP contribution >= 0.6 is 0 Å². The molecule has 3 heterocycles.